The average molecular weight is 304 g/mol. The minimum atomic E-state index is -0.937. The van der Waals surface area contributed by atoms with E-state index in [9.17, 15) is 4.79 Å². The van der Waals surface area contributed by atoms with Crippen LogP contribution in [-0.2, 0) is 10.5 Å². The highest BCUT2D eigenvalue weighted by Gasteiger charge is 2.24. The molecule has 7 heteroatoms. The van der Waals surface area contributed by atoms with Gasteiger partial charge in [0.1, 0.15) is 0 Å². The van der Waals surface area contributed by atoms with Gasteiger partial charge in [-0.05, 0) is 13.8 Å². The van der Waals surface area contributed by atoms with E-state index < -0.39 is 5.54 Å². The van der Waals surface area contributed by atoms with Crippen molar-refractivity contribution in [1.29, 1.82) is 0 Å². The van der Waals surface area contributed by atoms with E-state index in [0.29, 0.717) is 12.2 Å². The highest BCUT2D eigenvalue weighted by Crippen LogP contribution is 2.15. The fourth-order valence-corrected chi connectivity index (χ4v) is 2.89. The minimum Gasteiger partial charge on any atom is -0.394 e. The molecule has 0 fully saturated rings. The van der Waals surface area contributed by atoms with Crippen LogP contribution in [0.2, 0.25) is 0 Å². The van der Waals surface area contributed by atoms with Crippen LogP contribution >= 0.6 is 23.1 Å². The number of thioether (sulfide) groups is 1. The molecule has 19 heavy (non-hydrogen) atoms. The number of rotatable bonds is 8. The summed E-state index contributed by atoms with van der Waals surface area (Å²) in [6, 6.07) is 0. The van der Waals surface area contributed by atoms with E-state index in [4.69, 9.17) is 10.2 Å². The Bertz CT molecular complexity index is 405. The molecular weight excluding hydrogens is 284 g/mol. The molecule has 1 aromatic heterocycles. The number of nitrogens with one attached hydrogen (secondary N) is 1. The Balaban J connectivity index is 2.20. The van der Waals surface area contributed by atoms with Crippen LogP contribution in [0.5, 0.6) is 0 Å². The normalized spacial score (nSPS) is 11.6. The maximum atomic E-state index is 11.6. The molecular formula is C12H20N2O3S2. The van der Waals surface area contributed by atoms with E-state index in [1.807, 2.05) is 12.3 Å². The smallest absolute Gasteiger partial charge is 0.221 e. The molecule has 1 heterocycles. The lowest BCUT2D eigenvalue weighted by atomic mass is 10.1. The maximum absolute atomic E-state index is 11.6. The van der Waals surface area contributed by atoms with Gasteiger partial charge in [0.2, 0.25) is 5.91 Å². The first-order valence-electron chi connectivity index (χ1n) is 6.00. The Morgan fingerprint density at radius 1 is 1.53 bits per heavy atom. The van der Waals surface area contributed by atoms with Gasteiger partial charge in [0.05, 0.1) is 29.5 Å². The predicted octanol–water partition coefficient (Wildman–Crippen LogP) is 0.934. The molecule has 0 aliphatic heterocycles. The summed E-state index contributed by atoms with van der Waals surface area (Å²) < 4.78 is 0. The van der Waals surface area contributed by atoms with Crippen molar-refractivity contribution in [1.82, 2.24) is 10.3 Å². The molecule has 0 spiro atoms. The number of amides is 1. The summed E-state index contributed by atoms with van der Waals surface area (Å²) in [7, 11) is 0. The Morgan fingerprint density at radius 2 is 2.21 bits per heavy atom. The van der Waals surface area contributed by atoms with Crippen LogP contribution in [0.25, 0.3) is 0 Å². The Kier molecular flexibility index (Phi) is 6.78. The number of aromatic nitrogens is 1. The molecule has 0 saturated carbocycles. The first-order chi connectivity index (χ1) is 8.99. The van der Waals surface area contributed by atoms with Crippen LogP contribution in [0.15, 0.2) is 5.38 Å². The molecule has 3 N–H and O–H groups in total. The zero-order valence-corrected chi connectivity index (χ0v) is 12.8. The molecule has 0 radical (unpaired) electrons. The number of carbonyl (C=O) groups excluding carboxylic acids is 1. The number of carbonyl (C=O) groups is 1. The molecule has 0 atom stereocenters. The Labute approximate surface area is 121 Å². The molecule has 0 aliphatic carbocycles. The van der Waals surface area contributed by atoms with E-state index in [-0.39, 0.29) is 19.1 Å². The minimum absolute atomic E-state index is 0.160. The van der Waals surface area contributed by atoms with Gasteiger partial charge in [-0.3, -0.25) is 4.79 Å². The lowest BCUT2D eigenvalue weighted by Crippen LogP contribution is -2.51. The van der Waals surface area contributed by atoms with Crippen molar-refractivity contribution in [2.75, 3.05) is 19.0 Å². The summed E-state index contributed by atoms with van der Waals surface area (Å²) in [5.74, 6) is 1.33. The van der Waals surface area contributed by atoms with Gasteiger partial charge in [-0.1, -0.05) is 0 Å². The van der Waals surface area contributed by atoms with Crippen LogP contribution < -0.4 is 5.32 Å². The second-order valence-corrected chi connectivity index (χ2v) is 6.75. The number of hydrogen-bond acceptors (Lipinski definition) is 6. The molecule has 1 rings (SSSR count). The molecule has 0 bridgehead atoms. The molecule has 0 aromatic carbocycles. The number of aliphatic hydroxyl groups excluding tert-OH is 2. The van der Waals surface area contributed by atoms with Gasteiger partial charge in [0.25, 0.3) is 0 Å². The monoisotopic (exact) mass is 304 g/mol. The van der Waals surface area contributed by atoms with Crippen molar-refractivity contribution in [3.63, 3.8) is 0 Å². The van der Waals surface area contributed by atoms with E-state index in [0.717, 1.165) is 16.5 Å². The SMILES string of the molecule is Cc1nc(CSCCC(=O)NC(C)(CO)CO)cs1. The number of thiazole rings is 1. The van der Waals surface area contributed by atoms with Crippen molar-refractivity contribution in [2.24, 2.45) is 0 Å². The lowest BCUT2D eigenvalue weighted by Gasteiger charge is -2.26. The maximum Gasteiger partial charge on any atom is 0.221 e. The van der Waals surface area contributed by atoms with Crippen LogP contribution in [0.4, 0.5) is 0 Å². The van der Waals surface area contributed by atoms with E-state index >= 15 is 0 Å². The third-order valence-electron chi connectivity index (χ3n) is 2.53. The molecule has 1 aromatic rings. The van der Waals surface area contributed by atoms with E-state index in [1.54, 1.807) is 30.0 Å². The van der Waals surface area contributed by atoms with Gasteiger partial charge in [-0.2, -0.15) is 11.8 Å². The van der Waals surface area contributed by atoms with Crippen LogP contribution in [0, 0.1) is 6.92 Å². The first-order valence-corrected chi connectivity index (χ1v) is 8.04. The summed E-state index contributed by atoms with van der Waals surface area (Å²) in [6.07, 6.45) is 0.364. The van der Waals surface area contributed by atoms with Gasteiger partial charge in [0, 0.05) is 23.3 Å². The molecule has 108 valence electrons. The number of hydrogen-bond donors (Lipinski definition) is 3. The summed E-state index contributed by atoms with van der Waals surface area (Å²) >= 11 is 3.27. The van der Waals surface area contributed by atoms with Crippen molar-refractivity contribution >= 4 is 29.0 Å². The molecule has 0 saturated heterocycles. The second kappa shape index (κ2) is 7.84. The number of aliphatic hydroxyl groups is 2. The molecule has 0 unspecified atom stereocenters. The predicted molar refractivity (Wildman–Crippen MR) is 78.3 cm³/mol. The summed E-state index contributed by atoms with van der Waals surface area (Å²) in [6.45, 7) is 3.02. The van der Waals surface area contributed by atoms with Gasteiger partial charge in [-0.15, -0.1) is 11.3 Å². The third kappa shape index (κ3) is 5.90. The highest BCUT2D eigenvalue weighted by molar-refractivity contribution is 7.98. The van der Waals surface area contributed by atoms with Gasteiger partial charge < -0.3 is 15.5 Å². The summed E-state index contributed by atoms with van der Waals surface area (Å²) in [5, 5.41) is 23.8. The Hall–Kier alpha value is -0.630. The summed E-state index contributed by atoms with van der Waals surface area (Å²) in [5.41, 5.74) is 0.108. The fourth-order valence-electron chi connectivity index (χ4n) is 1.34. The van der Waals surface area contributed by atoms with Gasteiger partial charge in [0.15, 0.2) is 0 Å². The van der Waals surface area contributed by atoms with Crippen LogP contribution in [0.3, 0.4) is 0 Å². The summed E-state index contributed by atoms with van der Waals surface area (Å²) in [4.78, 5) is 16.0. The second-order valence-electron chi connectivity index (χ2n) is 4.59. The van der Waals surface area contributed by atoms with Crippen molar-refractivity contribution in [2.45, 2.75) is 31.6 Å². The largest absolute Gasteiger partial charge is 0.394 e. The average Bonchev–Trinajstić information content (AvgIpc) is 2.80. The Morgan fingerprint density at radius 3 is 2.74 bits per heavy atom. The van der Waals surface area contributed by atoms with Crippen LogP contribution in [0.1, 0.15) is 24.0 Å². The van der Waals surface area contributed by atoms with Crippen LogP contribution in [-0.4, -0.2) is 45.6 Å². The number of nitrogens with zero attached hydrogens (tertiary/aromatic N) is 1. The van der Waals surface area contributed by atoms with Gasteiger partial charge >= 0.3 is 0 Å². The van der Waals surface area contributed by atoms with E-state index in [2.05, 4.69) is 10.3 Å². The lowest BCUT2D eigenvalue weighted by molar-refractivity contribution is -0.123. The number of aryl methyl sites for hydroxylation is 1. The first kappa shape index (κ1) is 16.4. The van der Waals surface area contributed by atoms with Crippen molar-refractivity contribution in [3.05, 3.63) is 16.1 Å². The molecule has 1 amide bonds. The zero-order chi connectivity index (χ0) is 14.3. The molecule has 0 aliphatic rings. The van der Waals surface area contributed by atoms with Crippen molar-refractivity contribution in [3.8, 4) is 0 Å². The quantitative estimate of drug-likeness (QED) is 0.623. The fraction of sp³-hybridized carbons (Fsp3) is 0.667. The van der Waals surface area contributed by atoms with E-state index in [1.165, 1.54) is 0 Å². The highest BCUT2D eigenvalue weighted by atomic mass is 32.2. The van der Waals surface area contributed by atoms with Gasteiger partial charge in [-0.25, -0.2) is 4.98 Å². The van der Waals surface area contributed by atoms with Crippen molar-refractivity contribution < 1.29 is 15.0 Å². The zero-order valence-electron chi connectivity index (χ0n) is 11.2. The standard InChI is InChI=1S/C12H20N2O3S2/c1-9-13-10(6-19-9)5-18-4-3-11(17)14-12(2,7-15)8-16/h6,15-16H,3-5,7-8H2,1-2H3,(H,14,17). The molecule has 5 nitrogen and oxygen atoms in total. The third-order valence-corrected chi connectivity index (χ3v) is 4.34. The topological polar surface area (TPSA) is 82.5 Å².